The molecular formula is C21H33N7O2. The van der Waals surface area contributed by atoms with E-state index in [9.17, 15) is 4.79 Å². The van der Waals surface area contributed by atoms with Gasteiger partial charge in [0, 0.05) is 44.5 Å². The molecule has 2 aliphatic rings. The third kappa shape index (κ3) is 4.57. The number of carbonyl (C=O) groups is 1. The van der Waals surface area contributed by atoms with Crippen molar-refractivity contribution in [2.24, 2.45) is 5.92 Å². The van der Waals surface area contributed by atoms with Crippen LogP contribution in [0.2, 0.25) is 0 Å². The number of aromatic nitrogens is 4. The van der Waals surface area contributed by atoms with Crippen LogP contribution in [0, 0.1) is 12.8 Å². The number of fused-ring (bicyclic) bond motifs is 1. The molecule has 1 atom stereocenters. The molecular weight excluding hydrogens is 382 g/mol. The molecule has 0 radical (unpaired) electrons. The Morgan fingerprint density at radius 2 is 1.93 bits per heavy atom. The number of carbonyl (C=O) groups excluding carboxylic acids is 1. The molecule has 0 saturated carbocycles. The second-order valence-corrected chi connectivity index (χ2v) is 8.24. The van der Waals surface area contributed by atoms with E-state index in [4.69, 9.17) is 14.8 Å². The van der Waals surface area contributed by atoms with Gasteiger partial charge in [-0.3, -0.25) is 9.69 Å². The number of nitrogens with zero attached hydrogens (tertiary/aromatic N) is 7. The first-order chi connectivity index (χ1) is 14.6. The lowest BCUT2D eigenvalue weighted by Crippen LogP contribution is -2.46. The Kier molecular flexibility index (Phi) is 6.48. The van der Waals surface area contributed by atoms with Crippen molar-refractivity contribution in [1.82, 2.24) is 29.4 Å². The van der Waals surface area contributed by atoms with Crippen molar-refractivity contribution in [2.45, 2.75) is 40.2 Å². The quantitative estimate of drug-likeness (QED) is 0.654. The van der Waals surface area contributed by atoms with Gasteiger partial charge in [-0.15, -0.1) is 5.10 Å². The maximum Gasteiger partial charge on any atom is 0.310 e. The molecule has 0 spiro atoms. The molecule has 2 saturated heterocycles. The third-order valence-electron chi connectivity index (χ3n) is 6.10. The number of rotatable bonds is 6. The van der Waals surface area contributed by atoms with E-state index in [2.05, 4.69) is 32.7 Å². The van der Waals surface area contributed by atoms with Gasteiger partial charge in [0.1, 0.15) is 5.82 Å². The monoisotopic (exact) mass is 415 g/mol. The normalized spacial score (nSPS) is 21.3. The van der Waals surface area contributed by atoms with Gasteiger partial charge in [-0.25, -0.2) is 4.98 Å². The zero-order chi connectivity index (χ0) is 21.1. The molecule has 30 heavy (non-hydrogen) atoms. The SMILES string of the molecule is CCOC(=O)[C@@H]1CCCN(Cc2nc3nc(C)cc(N4CCN(CC)CC4)n3n2)C1. The fourth-order valence-electron chi connectivity index (χ4n) is 4.45. The molecule has 2 aromatic heterocycles. The molecule has 0 N–H and O–H groups in total. The van der Waals surface area contributed by atoms with E-state index >= 15 is 0 Å². The van der Waals surface area contributed by atoms with E-state index in [-0.39, 0.29) is 11.9 Å². The second kappa shape index (κ2) is 9.26. The van der Waals surface area contributed by atoms with Gasteiger partial charge >= 0.3 is 5.97 Å². The van der Waals surface area contributed by atoms with Gasteiger partial charge < -0.3 is 14.5 Å². The smallest absolute Gasteiger partial charge is 0.310 e. The van der Waals surface area contributed by atoms with Crippen LogP contribution in [0.15, 0.2) is 6.07 Å². The first-order valence-corrected chi connectivity index (χ1v) is 11.2. The van der Waals surface area contributed by atoms with Crippen LogP contribution in [0.5, 0.6) is 0 Å². The fraction of sp³-hybridized carbons (Fsp3) is 0.714. The lowest BCUT2D eigenvalue weighted by molar-refractivity contribution is -0.150. The minimum absolute atomic E-state index is 0.0541. The minimum Gasteiger partial charge on any atom is -0.466 e. The summed E-state index contributed by atoms with van der Waals surface area (Å²) in [6, 6.07) is 2.10. The van der Waals surface area contributed by atoms with E-state index in [0.29, 0.717) is 25.5 Å². The van der Waals surface area contributed by atoms with Crippen molar-refractivity contribution in [3.05, 3.63) is 17.6 Å². The Morgan fingerprint density at radius 1 is 1.13 bits per heavy atom. The molecule has 0 unspecified atom stereocenters. The van der Waals surface area contributed by atoms with Crippen LogP contribution in [0.4, 0.5) is 5.82 Å². The van der Waals surface area contributed by atoms with E-state index in [1.54, 1.807) is 0 Å². The van der Waals surface area contributed by atoms with Gasteiger partial charge in [-0.2, -0.15) is 9.50 Å². The lowest BCUT2D eigenvalue weighted by atomic mass is 9.98. The Bertz CT molecular complexity index is 876. The first kappa shape index (κ1) is 21.0. The number of hydrogen-bond acceptors (Lipinski definition) is 8. The number of hydrogen-bond donors (Lipinski definition) is 0. The molecule has 9 nitrogen and oxygen atoms in total. The van der Waals surface area contributed by atoms with Crippen LogP contribution >= 0.6 is 0 Å². The summed E-state index contributed by atoms with van der Waals surface area (Å²) in [5.74, 6) is 2.33. The van der Waals surface area contributed by atoms with E-state index in [0.717, 1.165) is 69.4 Å². The standard InChI is InChI=1S/C21H33N7O2/c1-4-25-9-11-27(12-10-25)19-13-16(3)22-21-23-18(24-28(19)21)15-26-8-6-7-17(14-26)20(29)30-5-2/h13,17H,4-12,14-15H2,1-3H3/t17-/m1/s1. The summed E-state index contributed by atoms with van der Waals surface area (Å²) in [5.41, 5.74) is 0.953. The molecule has 164 valence electrons. The molecule has 4 rings (SSSR count). The van der Waals surface area contributed by atoms with Crippen LogP contribution in [-0.2, 0) is 16.1 Å². The van der Waals surface area contributed by atoms with Gasteiger partial charge in [0.25, 0.3) is 5.78 Å². The van der Waals surface area contributed by atoms with Gasteiger partial charge in [-0.1, -0.05) is 6.92 Å². The zero-order valence-corrected chi connectivity index (χ0v) is 18.4. The topological polar surface area (TPSA) is 79.1 Å². The molecule has 2 aromatic rings. The zero-order valence-electron chi connectivity index (χ0n) is 18.4. The Labute approximate surface area is 178 Å². The van der Waals surface area contributed by atoms with Gasteiger partial charge in [0.15, 0.2) is 5.82 Å². The molecule has 0 amide bonds. The van der Waals surface area contributed by atoms with Crippen LogP contribution in [-0.4, -0.2) is 87.8 Å². The predicted octanol–water partition coefficient (Wildman–Crippen LogP) is 1.35. The van der Waals surface area contributed by atoms with Crippen molar-refractivity contribution in [1.29, 1.82) is 0 Å². The maximum atomic E-state index is 12.1. The summed E-state index contributed by atoms with van der Waals surface area (Å²) >= 11 is 0. The number of anilines is 1. The number of piperazine rings is 1. The Balaban J connectivity index is 1.50. The number of likely N-dealkylation sites (N-methyl/N-ethyl adjacent to an activating group) is 1. The van der Waals surface area contributed by atoms with Crippen LogP contribution < -0.4 is 4.90 Å². The lowest BCUT2D eigenvalue weighted by Gasteiger charge is -2.35. The Hall–Kier alpha value is -2.26. The predicted molar refractivity (Wildman–Crippen MR) is 114 cm³/mol. The number of ether oxygens (including phenoxy) is 1. The fourth-order valence-corrected chi connectivity index (χ4v) is 4.45. The summed E-state index contributed by atoms with van der Waals surface area (Å²) < 4.78 is 7.11. The minimum atomic E-state index is -0.0871. The number of esters is 1. The highest BCUT2D eigenvalue weighted by Crippen LogP contribution is 2.21. The molecule has 0 bridgehead atoms. The summed E-state index contributed by atoms with van der Waals surface area (Å²) in [5, 5.41) is 4.80. The number of piperidine rings is 1. The summed E-state index contributed by atoms with van der Waals surface area (Å²) in [4.78, 5) is 28.5. The highest BCUT2D eigenvalue weighted by Gasteiger charge is 2.28. The van der Waals surface area contributed by atoms with Crippen molar-refractivity contribution in [2.75, 3.05) is 57.3 Å². The van der Waals surface area contributed by atoms with Gasteiger partial charge in [0.2, 0.25) is 0 Å². The average Bonchev–Trinajstić information content (AvgIpc) is 3.15. The molecule has 9 heteroatoms. The van der Waals surface area contributed by atoms with Gasteiger partial charge in [0.05, 0.1) is 19.1 Å². The summed E-state index contributed by atoms with van der Waals surface area (Å²) in [7, 11) is 0. The van der Waals surface area contributed by atoms with Crippen molar-refractivity contribution in [3.63, 3.8) is 0 Å². The van der Waals surface area contributed by atoms with Crippen LogP contribution in [0.3, 0.4) is 0 Å². The molecule has 0 aliphatic carbocycles. The molecule has 2 aliphatic heterocycles. The average molecular weight is 416 g/mol. The number of likely N-dealkylation sites (tertiary alicyclic amines) is 1. The van der Waals surface area contributed by atoms with Crippen molar-refractivity contribution >= 4 is 17.6 Å². The second-order valence-electron chi connectivity index (χ2n) is 8.24. The maximum absolute atomic E-state index is 12.1. The summed E-state index contributed by atoms with van der Waals surface area (Å²) in [6.07, 6.45) is 1.88. The van der Waals surface area contributed by atoms with Crippen molar-refractivity contribution < 1.29 is 9.53 Å². The Morgan fingerprint density at radius 3 is 2.67 bits per heavy atom. The van der Waals surface area contributed by atoms with E-state index in [1.807, 2.05) is 18.4 Å². The van der Waals surface area contributed by atoms with Crippen molar-refractivity contribution in [3.8, 4) is 0 Å². The van der Waals surface area contributed by atoms with Crippen LogP contribution in [0.1, 0.15) is 38.2 Å². The largest absolute Gasteiger partial charge is 0.466 e. The molecule has 2 fully saturated rings. The highest BCUT2D eigenvalue weighted by molar-refractivity contribution is 5.72. The van der Waals surface area contributed by atoms with Crippen LogP contribution in [0.25, 0.3) is 5.78 Å². The van der Waals surface area contributed by atoms with E-state index < -0.39 is 0 Å². The van der Waals surface area contributed by atoms with E-state index in [1.165, 1.54) is 0 Å². The van der Waals surface area contributed by atoms with Gasteiger partial charge in [-0.05, 0) is 39.8 Å². The number of aryl methyl sites for hydroxylation is 1. The summed E-state index contributed by atoms with van der Waals surface area (Å²) in [6.45, 7) is 14.0. The molecule has 0 aromatic carbocycles. The molecule has 4 heterocycles. The third-order valence-corrected chi connectivity index (χ3v) is 6.10. The highest BCUT2D eigenvalue weighted by atomic mass is 16.5. The first-order valence-electron chi connectivity index (χ1n) is 11.2.